The normalized spacial score (nSPS) is 11.9. The van der Waals surface area contributed by atoms with Gasteiger partial charge in [0, 0.05) is 32.3 Å². The molecule has 0 spiro atoms. The number of aromatic nitrogens is 3. The molecule has 0 saturated carbocycles. The smallest absolute Gasteiger partial charge is 0.0547 e. The lowest BCUT2D eigenvalue weighted by molar-refractivity contribution is 1.10. The molecule has 330 valence electrons. The Bertz CT molecular complexity index is 3810. The van der Waals surface area contributed by atoms with Crippen LogP contribution in [0.5, 0.6) is 0 Å². The highest BCUT2D eigenvalue weighted by Gasteiger charge is 2.23. The minimum absolute atomic E-state index is 1.10. The van der Waals surface area contributed by atoms with E-state index in [1.165, 1.54) is 132 Å². The van der Waals surface area contributed by atoms with Gasteiger partial charge in [-0.15, -0.1) is 0 Å². The molecule has 0 aliphatic rings. The highest BCUT2D eigenvalue weighted by atomic mass is 15.0. The highest BCUT2D eigenvalue weighted by Crippen LogP contribution is 2.43. The monoisotopic (exact) mass is 885 g/mol. The Morgan fingerprint density at radius 1 is 0.232 bits per heavy atom. The van der Waals surface area contributed by atoms with Crippen molar-refractivity contribution in [3.05, 3.63) is 234 Å². The molecule has 13 aromatic rings. The van der Waals surface area contributed by atoms with Gasteiger partial charge in [0.05, 0.1) is 50.2 Å². The third-order valence-corrected chi connectivity index (χ3v) is 15.0. The summed E-state index contributed by atoms with van der Waals surface area (Å²) >= 11 is 0. The van der Waals surface area contributed by atoms with Gasteiger partial charge in [-0.25, -0.2) is 0 Å². The van der Waals surface area contributed by atoms with Crippen LogP contribution in [0.25, 0.3) is 116 Å². The second-order valence-corrected chi connectivity index (χ2v) is 19.3. The molecule has 3 nitrogen and oxygen atoms in total. The average Bonchev–Trinajstić information content (AvgIpc) is 4.00. The second-order valence-electron chi connectivity index (χ2n) is 19.3. The summed E-state index contributed by atoms with van der Waals surface area (Å²) in [5.74, 6) is 0. The van der Waals surface area contributed by atoms with E-state index in [1.54, 1.807) is 0 Å². The molecule has 0 atom stereocenters. The van der Waals surface area contributed by atoms with E-state index in [0.717, 1.165) is 17.1 Å². The van der Waals surface area contributed by atoms with Crippen LogP contribution in [-0.4, -0.2) is 13.7 Å². The van der Waals surface area contributed by atoms with E-state index in [1.807, 2.05) is 0 Å². The van der Waals surface area contributed by atoms with E-state index >= 15 is 0 Å². The van der Waals surface area contributed by atoms with Crippen LogP contribution in [0.3, 0.4) is 0 Å². The predicted octanol–water partition coefficient (Wildman–Crippen LogP) is 17.8. The van der Waals surface area contributed by atoms with Gasteiger partial charge < -0.3 is 13.7 Å². The number of hydrogen-bond acceptors (Lipinski definition) is 0. The fourth-order valence-corrected chi connectivity index (χ4v) is 11.7. The standard InChI is InChI=1S/C66H51N3/c1-40-16-7-10-22-52(40)46-28-31-55-61(34-46)67(58-25-13-19-43(4)64(55)58)49-37-50(68-59-26-14-20-44(5)65(59)56-32-29-47(35-62(56)68)53-23-11-8-17-41(53)2)39-51(38-49)69-60-27-15-21-45(6)66(60)57-33-30-48(36-63(57)69)54-24-12-9-18-42(54)3/h7-39H,1-6H3. The van der Waals surface area contributed by atoms with Crippen molar-refractivity contribution in [2.45, 2.75) is 41.5 Å². The van der Waals surface area contributed by atoms with Crippen LogP contribution >= 0.6 is 0 Å². The fraction of sp³-hybridized carbons (Fsp3) is 0.0909. The van der Waals surface area contributed by atoms with Crippen molar-refractivity contribution in [3.8, 4) is 50.4 Å². The number of benzene rings is 10. The summed E-state index contributed by atoms with van der Waals surface area (Å²) in [6.07, 6.45) is 0. The Hall–Kier alpha value is -8.40. The Kier molecular flexibility index (Phi) is 9.22. The summed E-state index contributed by atoms with van der Waals surface area (Å²) in [5, 5.41) is 7.58. The van der Waals surface area contributed by atoms with Gasteiger partial charge in [0.2, 0.25) is 0 Å². The number of nitrogens with zero attached hydrogens (tertiary/aromatic N) is 3. The van der Waals surface area contributed by atoms with Gasteiger partial charge in [0.15, 0.2) is 0 Å². The lowest BCUT2D eigenvalue weighted by Crippen LogP contribution is -2.03. The van der Waals surface area contributed by atoms with E-state index in [-0.39, 0.29) is 0 Å². The number of aryl methyl sites for hydroxylation is 6. The Balaban J connectivity index is 1.19. The van der Waals surface area contributed by atoms with Gasteiger partial charge in [-0.2, -0.15) is 0 Å². The van der Waals surface area contributed by atoms with Crippen molar-refractivity contribution in [2.75, 3.05) is 0 Å². The molecule has 3 heterocycles. The minimum atomic E-state index is 1.10. The molecular formula is C66H51N3. The van der Waals surface area contributed by atoms with Crippen molar-refractivity contribution in [3.63, 3.8) is 0 Å². The van der Waals surface area contributed by atoms with Crippen LogP contribution in [0, 0.1) is 41.5 Å². The first-order valence-electron chi connectivity index (χ1n) is 24.2. The second kappa shape index (κ2) is 15.6. The van der Waals surface area contributed by atoms with Crippen LogP contribution in [0.2, 0.25) is 0 Å². The third-order valence-electron chi connectivity index (χ3n) is 15.0. The zero-order chi connectivity index (χ0) is 46.7. The van der Waals surface area contributed by atoms with E-state index in [0.29, 0.717) is 0 Å². The number of rotatable bonds is 6. The molecule has 0 aliphatic carbocycles. The first-order chi connectivity index (χ1) is 33.7. The highest BCUT2D eigenvalue weighted by molar-refractivity contribution is 6.15. The molecule has 0 radical (unpaired) electrons. The van der Waals surface area contributed by atoms with Crippen molar-refractivity contribution in [2.24, 2.45) is 0 Å². The predicted molar refractivity (Wildman–Crippen MR) is 294 cm³/mol. The number of fused-ring (bicyclic) bond motifs is 9. The van der Waals surface area contributed by atoms with Gasteiger partial charge in [0.25, 0.3) is 0 Å². The Morgan fingerprint density at radius 2 is 0.507 bits per heavy atom. The maximum atomic E-state index is 2.53. The zero-order valence-electron chi connectivity index (χ0n) is 39.9. The van der Waals surface area contributed by atoms with Crippen LogP contribution in [0.4, 0.5) is 0 Å². The summed E-state index contributed by atoms with van der Waals surface area (Å²) in [5.41, 5.74) is 25.4. The summed E-state index contributed by atoms with van der Waals surface area (Å²) in [6, 6.07) is 75.1. The van der Waals surface area contributed by atoms with Crippen molar-refractivity contribution in [1.82, 2.24) is 13.7 Å². The molecule has 3 heteroatoms. The van der Waals surface area contributed by atoms with E-state index in [9.17, 15) is 0 Å². The molecule has 0 amide bonds. The summed E-state index contributed by atoms with van der Waals surface area (Å²) in [6.45, 7) is 13.4. The molecule has 0 fully saturated rings. The maximum absolute atomic E-state index is 2.53. The summed E-state index contributed by atoms with van der Waals surface area (Å²) in [4.78, 5) is 0. The number of hydrogen-bond donors (Lipinski definition) is 0. The Morgan fingerprint density at radius 3 is 0.797 bits per heavy atom. The van der Waals surface area contributed by atoms with Crippen LogP contribution < -0.4 is 0 Å². The molecule has 69 heavy (non-hydrogen) atoms. The van der Waals surface area contributed by atoms with Crippen LogP contribution in [0.15, 0.2) is 200 Å². The summed E-state index contributed by atoms with van der Waals surface area (Å²) in [7, 11) is 0. The largest absolute Gasteiger partial charge is 0.309 e. The molecule has 3 aromatic heterocycles. The maximum Gasteiger partial charge on any atom is 0.0547 e. The average molecular weight is 886 g/mol. The topological polar surface area (TPSA) is 14.8 Å². The van der Waals surface area contributed by atoms with Crippen molar-refractivity contribution >= 4 is 65.4 Å². The van der Waals surface area contributed by atoms with E-state index < -0.39 is 0 Å². The molecule has 0 saturated heterocycles. The van der Waals surface area contributed by atoms with Gasteiger partial charge in [-0.3, -0.25) is 0 Å². The van der Waals surface area contributed by atoms with Gasteiger partial charge >= 0.3 is 0 Å². The first kappa shape index (κ1) is 40.8. The summed E-state index contributed by atoms with van der Waals surface area (Å²) < 4.78 is 7.59. The minimum Gasteiger partial charge on any atom is -0.309 e. The lowest BCUT2D eigenvalue weighted by atomic mass is 9.99. The fourth-order valence-electron chi connectivity index (χ4n) is 11.7. The lowest BCUT2D eigenvalue weighted by Gasteiger charge is -2.18. The SMILES string of the molecule is Cc1ccccc1-c1ccc2c3c(C)cccc3n(-c3cc(-n4c5cc(-c6ccccc6C)ccc5c5c(C)cccc54)cc(-n4c5cc(-c6ccccc6C)ccc5c5c(C)cccc54)c3)c2c1. The van der Waals surface area contributed by atoms with E-state index in [4.69, 9.17) is 0 Å². The Labute approximate surface area is 402 Å². The van der Waals surface area contributed by atoms with E-state index in [2.05, 4.69) is 255 Å². The van der Waals surface area contributed by atoms with Crippen molar-refractivity contribution < 1.29 is 0 Å². The quantitative estimate of drug-likeness (QED) is 0.158. The molecule has 0 unspecified atom stereocenters. The molecule has 10 aromatic carbocycles. The molecule has 0 aliphatic heterocycles. The van der Waals surface area contributed by atoms with Gasteiger partial charge in [-0.05, 0) is 163 Å². The van der Waals surface area contributed by atoms with Gasteiger partial charge in [0.1, 0.15) is 0 Å². The molecular weight excluding hydrogens is 835 g/mol. The van der Waals surface area contributed by atoms with Crippen molar-refractivity contribution in [1.29, 1.82) is 0 Å². The molecule has 13 rings (SSSR count). The third kappa shape index (κ3) is 6.27. The van der Waals surface area contributed by atoms with Crippen LogP contribution in [0.1, 0.15) is 33.4 Å². The molecule has 0 N–H and O–H groups in total. The van der Waals surface area contributed by atoms with Gasteiger partial charge in [-0.1, -0.05) is 146 Å². The molecule has 0 bridgehead atoms. The first-order valence-corrected chi connectivity index (χ1v) is 24.2. The zero-order valence-corrected chi connectivity index (χ0v) is 39.9. The van der Waals surface area contributed by atoms with Crippen LogP contribution in [-0.2, 0) is 0 Å².